The van der Waals surface area contributed by atoms with E-state index in [1.54, 1.807) is 30.4 Å². The summed E-state index contributed by atoms with van der Waals surface area (Å²) in [5.41, 5.74) is 0. The van der Waals surface area contributed by atoms with Crippen molar-refractivity contribution in [1.29, 1.82) is 0 Å². The minimum atomic E-state index is -5.40. The SMILES string of the molecule is CCCCC/C=C\C[C@H](O)/C=C/C=C/C=C\[C@H](O)CCCC(=O)O[C@H](COC(=O)CCC/C=C\C/C=C\C/C=C\CCCCCCCC)COP(=O)(O)O[C@H]1C(O)C(O)C(O)[C@@H](OP(=O)(O)O)C1O. The van der Waals surface area contributed by atoms with Crippen molar-refractivity contribution in [2.45, 2.75) is 197 Å². The maximum atomic E-state index is 13.0. The summed E-state index contributed by atoms with van der Waals surface area (Å²) in [6.45, 7) is 2.79. The zero-order valence-electron chi connectivity index (χ0n) is 40.4. The van der Waals surface area contributed by atoms with Crippen molar-refractivity contribution in [3.8, 4) is 0 Å². The van der Waals surface area contributed by atoms with E-state index >= 15 is 0 Å². The first-order valence-electron chi connectivity index (χ1n) is 24.3. The number of unbranched alkanes of at least 4 members (excludes halogenated alkanes) is 10. The Morgan fingerprint density at radius 2 is 1.06 bits per heavy atom. The number of phosphoric ester groups is 2. The minimum absolute atomic E-state index is 0.00806. The second kappa shape index (κ2) is 38.7. The molecule has 10 atom stereocenters. The fourth-order valence-corrected chi connectivity index (χ4v) is 8.30. The largest absolute Gasteiger partial charge is 0.472 e. The number of rotatable bonds is 39. The zero-order valence-corrected chi connectivity index (χ0v) is 42.2. The molecule has 1 saturated carbocycles. The average Bonchev–Trinajstić information content (AvgIpc) is 3.29. The summed E-state index contributed by atoms with van der Waals surface area (Å²) >= 11 is 0. The fourth-order valence-electron chi connectivity index (χ4n) is 6.76. The van der Waals surface area contributed by atoms with Gasteiger partial charge in [0.05, 0.1) is 18.8 Å². The normalized spacial score (nSPS) is 22.8. The molecule has 18 nitrogen and oxygen atoms in total. The Labute approximate surface area is 409 Å². The molecule has 69 heavy (non-hydrogen) atoms. The molecule has 1 rings (SSSR count). The number of carbonyl (C=O) groups is 2. The quantitative estimate of drug-likeness (QED) is 0.00957. The molecule has 0 heterocycles. The summed E-state index contributed by atoms with van der Waals surface area (Å²) in [7, 11) is -10.8. The van der Waals surface area contributed by atoms with Gasteiger partial charge in [0, 0.05) is 12.8 Å². The van der Waals surface area contributed by atoms with E-state index in [9.17, 15) is 64.0 Å². The monoisotopic (exact) mass is 1020 g/mol. The highest BCUT2D eigenvalue weighted by molar-refractivity contribution is 7.47. The van der Waals surface area contributed by atoms with E-state index in [1.807, 2.05) is 18.2 Å². The van der Waals surface area contributed by atoms with E-state index in [0.717, 1.165) is 38.5 Å². The van der Waals surface area contributed by atoms with Crippen LogP contribution in [0.15, 0.2) is 85.1 Å². The van der Waals surface area contributed by atoms with Crippen LogP contribution in [0.3, 0.4) is 0 Å². The van der Waals surface area contributed by atoms with Crippen LogP contribution in [0, 0.1) is 0 Å². The predicted molar refractivity (Wildman–Crippen MR) is 262 cm³/mol. The number of esters is 2. The highest BCUT2D eigenvalue weighted by Gasteiger charge is 2.54. The van der Waals surface area contributed by atoms with Crippen LogP contribution < -0.4 is 0 Å². The maximum Gasteiger partial charge on any atom is 0.472 e. The van der Waals surface area contributed by atoms with Gasteiger partial charge in [-0.3, -0.25) is 23.2 Å². The molecule has 1 aliphatic rings. The van der Waals surface area contributed by atoms with Crippen molar-refractivity contribution in [1.82, 2.24) is 0 Å². The fraction of sp³-hybridized carbons (Fsp3) is 0.673. The van der Waals surface area contributed by atoms with Gasteiger partial charge >= 0.3 is 27.6 Å². The number of phosphoric acid groups is 2. The number of ether oxygens (including phenoxy) is 2. The lowest BCUT2D eigenvalue weighted by Crippen LogP contribution is -2.64. The lowest BCUT2D eigenvalue weighted by Gasteiger charge is -2.43. The molecule has 0 aromatic rings. The third-order valence-electron chi connectivity index (χ3n) is 10.6. The van der Waals surface area contributed by atoms with Gasteiger partial charge in [0.15, 0.2) is 6.10 Å². The first-order chi connectivity index (χ1) is 32.9. The Morgan fingerprint density at radius 1 is 0.551 bits per heavy atom. The lowest BCUT2D eigenvalue weighted by atomic mass is 9.85. The first-order valence-corrected chi connectivity index (χ1v) is 27.4. The van der Waals surface area contributed by atoms with Crippen molar-refractivity contribution in [3.63, 3.8) is 0 Å². The molecule has 1 fully saturated rings. The molecule has 0 bridgehead atoms. The van der Waals surface area contributed by atoms with Crippen molar-refractivity contribution in [2.75, 3.05) is 13.2 Å². The molecule has 0 radical (unpaired) electrons. The van der Waals surface area contributed by atoms with Crippen molar-refractivity contribution in [3.05, 3.63) is 85.1 Å². The Kier molecular flexibility index (Phi) is 36.0. The van der Waals surface area contributed by atoms with Crippen LogP contribution in [-0.2, 0) is 41.8 Å². The first kappa shape index (κ1) is 64.1. The Hall–Kier alpha value is -2.90. The molecule has 0 amide bonds. The van der Waals surface area contributed by atoms with Gasteiger partial charge in [-0.05, 0) is 70.6 Å². The summed E-state index contributed by atoms with van der Waals surface area (Å²) in [5, 5.41) is 61.7. The lowest BCUT2D eigenvalue weighted by molar-refractivity contribution is -0.216. The van der Waals surface area contributed by atoms with Gasteiger partial charge in [-0.15, -0.1) is 0 Å². The van der Waals surface area contributed by atoms with E-state index in [2.05, 4.69) is 48.8 Å². The van der Waals surface area contributed by atoms with Crippen LogP contribution in [0.1, 0.15) is 142 Å². The van der Waals surface area contributed by atoms with Gasteiger partial charge in [0.2, 0.25) is 0 Å². The molecule has 1 aliphatic carbocycles. The molecule has 20 heteroatoms. The third kappa shape index (κ3) is 33.4. The van der Waals surface area contributed by atoms with Crippen molar-refractivity contribution in [2.24, 2.45) is 0 Å². The summed E-state index contributed by atoms with van der Waals surface area (Å²) in [4.78, 5) is 54.3. The van der Waals surface area contributed by atoms with Crippen LogP contribution >= 0.6 is 15.6 Å². The van der Waals surface area contributed by atoms with E-state index in [1.165, 1.54) is 51.0 Å². The molecular weight excluding hydrogens is 938 g/mol. The average molecular weight is 1020 g/mol. The van der Waals surface area contributed by atoms with Crippen molar-refractivity contribution >= 4 is 27.6 Å². The second-order valence-electron chi connectivity index (χ2n) is 16.9. The maximum absolute atomic E-state index is 13.0. The summed E-state index contributed by atoms with van der Waals surface area (Å²) in [6, 6.07) is 0. The number of allylic oxidation sites excluding steroid dienone is 11. The number of aliphatic hydroxyl groups is 6. The number of aliphatic hydroxyl groups excluding tert-OH is 6. The molecule has 396 valence electrons. The second-order valence-corrected chi connectivity index (χ2v) is 19.5. The van der Waals surface area contributed by atoms with E-state index in [4.69, 9.17) is 18.5 Å². The molecule has 5 unspecified atom stereocenters. The smallest absolute Gasteiger partial charge is 0.462 e. The summed E-state index contributed by atoms with van der Waals surface area (Å²) in [5.74, 6) is -1.52. The third-order valence-corrected chi connectivity index (χ3v) is 12.1. The molecule has 0 aromatic heterocycles. The molecule has 0 aromatic carbocycles. The predicted octanol–water partition coefficient (Wildman–Crippen LogP) is 7.34. The number of hydrogen-bond donors (Lipinski definition) is 9. The molecule has 0 spiro atoms. The van der Waals surface area contributed by atoms with Gasteiger partial charge in [-0.2, -0.15) is 0 Å². The zero-order chi connectivity index (χ0) is 51.3. The van der Waals surface area contributed by atoms with Gasteiger partial charge in [0.25, 0.3) is 0 Å². The summed E-state index contributed by atoms with van der Waals surface area (Å²) in [6.07, 6.45) is 25.9. The van der Waals surface area contributed by atoms with Gasteiger partial charge in [-0.25, -0.2) is 9.13 Å². The van der Waals surface area contributed by atoms with Crippen LogP contribution in [-0.4, -0.2) is 125 Å². The van der Waals surface area contributed by atoms with Gasteiger partial charge < -0.3 is 54.8 Å². The Bertz CT molecular complexity index is 1690. The highest BCUT2D eigenvalue weighted by Crippen LogP contribution is 2.49. The molecule has 0 aliphatic heterocycles. The van der Waals surface area contributed by atoms with E-state index in [-0.39, 0.29) is 25.7 Å². The van der Waals surface area contributed by atoms with Crippen molar-refractivity contribution < 1.29 is 87.1 Å². The topological polar surface area (TPSA) is 296 Å². The number of carbonyl (C=O) groups excluding carboxylic acids is 2. The van der Waals surface area contributed by atoms with E-state index < -0.39 is 95.7 Å². The Balaban J connectivity index is 2.74. The summed E-state index contributed by atoms with van der Waals surface area (Å²) < 4.78 is 49.1. The van der Waals surface area contributed by atoms with Crippen LogP contribution in [0.4, 0.5) is 0 Å². The van der Waals surface area contributed by atoms with Crippen LogP contribution in [0.25, 0.3) is 0 Å². The van der Waals surface area contributed by atoms with Crippen LogP contribution in [0.2, 0.25) is 0 Å². The molecular formula is C49H82O18P2. The highest BCUT2D eigenvalue weighted by atomic mass is 31.2. The van der Waals surface area contributed by atoms with Gasteiger partial charge in [0.1, 0.15) is 43.2 Å². The van der Waals surface area contributed by atoms with Crippen LogP contribution in [0.5, 0.6) is 0 Å². The Morgan fingerprint density at radius 3 is 1.68 bits per heavy atom. The van der Waals surface area contributed by atoms with E-state index in [0.29, 0.717) is 19.3 Å². The van der Waals surface area contributed by atoms with Gasteiger partial charge in [-0.1, -0.05) is 144 Å². The number of hydrogen-bond acceptors (Lipinski definition) is 15. The standard InChI is InChI=1S/C49H82O18P2/c1-3-5-7-9-11-12-13-14-15-16-17-18-19-20-21-23-29-35-42(52)63-37-41(38-64-69(61,62)67-49-46(56)44(54)45(55)48(47(49)57)66-68(58,59)60)65-43(53)36-30-34-40(51)33-28-25-24-27-32-39(50)31-26-22-10-8-6-4-2/h14-15,17-18,20-22,24-28,32-33,39-41,44-51,54-57H,3-13,16,19,23,29-31,34-38H2,1-2H3,(H,61,62)(H2,58,59,60)/b15-14-,18-17-,21-20-,25-24+,26-22-,32-27+,33-28-/t39-,40-,41+,44?,45?,46?,47?,48+,49-/m0/s1. The minimum Gasteiger partial charge on any atom is -0.462 e. The molecule has 9 N–H and O–H groups in total. The molecule has 0 saturated heterocycles.